The van der Waals surface area contributed by atoms with Gasteiger partial charge >= 0.3 is 5.97 Å². The lowest BCUT2D eigenvalue weighted by Crippen LogP contribution is -2.46. The molecule has 0 aliphatic heterocycles. The fraction of sp³-hybridized carbons (Fsp3) is 0.611. The van der Waals surface area contributed by atoms with E-state index < -0.39 is 11.5 Å². The first kappa shape index (κ1) is 17.7. The van der Waals surface area contributed by atoms with Crippen molar-refractivity contribution in [2.45, 2.75) is 66.3 Å². The van der Waals surface area contributed by atoms with Gasteiger partial charge < -0.3 is 10.8 Å². The molecule has 0 radical (unpaired) electrons. The lowest BCUT2D eigenvalue weighted by molar-refractivity contribution is -0.143. The van der Waals surface area contributed by atoms with E-state index in [4.69, 9.17) is 5.73 Å². The van der Waals surface area contributed by atoms with Crippen molar-refractivity contribution in [1.82, 2.24) is 0 Å². The number of hydrogen-bond acceptors (Lipinski definition) is 2. The van der Waals surface area contributed by atoms with Crippen LogP contribution in [0.5, 0.6) is 0 Å². The summed E-state index contributed by atoms with van der Waals surface area (Å²) in [5, 5.41) is 9.22. The largest absolute Gasteiger partial charge is 0.480 e. The number of aryl methyl sites for hydroxylation is 2. The van der Waals surface area contributed by atoms with Gasteiger partial charge in [0.2, 0.25) is 0 Å². The van der Waals surface area contributed by atoms with Gasteiger partial charge in [0.05, 0.1) is 0 Å². The molecule has 1 aromatic carbocycles. The molecule has 0 saturated carbocycles. The molecular formula is C18H29NO2. The lowest BCUT2D eigenvalue weighted by Gasteiger charge is -2.27. The summed E-state index contributed by atoms with van der Waals surface area (Å²) in [5.74, 6) is -0.634. The molecule has 2 atom stereocenters. The molecule has 3 nitrogen and oxygen atoms in total. The highest BCUT2D eigenvalue weighted by atomic mass is 16.4. The van der Waals surface area contributed by atoms with Crippen LogP contribution in [0.3, 0.4) is 0 Å². The maximum atomic E-state index is 11.2. The van der Waals surface area contributed by atoms with Crippen molar-refractivity contribution in [2.75, 3.05) is 0 Å². The van der Waals surface area contributed by atoms with Crippen molar-refractivity contribution in [2.24, 2.45) is 11.7 Å². The second kappa shape index (κ2) is 6.61. The van der Waals surface area contributed by atoms with Crippen molar-refractivity contribution in [3.63, 3.8) is 0 Å². The van der Waals surface area contributed by atoms with Crippen LogP contribution in [-0.4, -0.2) is 16.6 Å². The second-order valence-electron chi connectivity index (χ2n) is 6.64. The van der Waals surface area contributed by atoms with Gasteiger partial charge in [-0.15, -0.1) is 0 Å². The average Bonchev–Trinajstić information content (AvgIpc) is 2.39. The van der Waals surface area contributed by atoms with Crippen LogP contribution < -0.4 is 5.73 Å². The highest BCUT2D eigenvalue weighted by Gasteiger charge is 2.31. The molecule has 0 fully saturated rings. The molecule has 0 aliphatic rings. The Hall–Kier alpha value is -1.35. The molecule has 0 amide bonds. The first-order valence-corrected chi connectivity index (χ1v) is 7.68. The van der Waals surface area contributed by atoms with Crippen molar-refractivity contribution < 1.29 is 9.90 Å². The standard InChI is InChI=1S/C18H29NO2/c1-7-15(10-18(6,19)17(20)21)9-16-12(3)8-11(2)13(4)14(16)5/h8,15H,7,9-10,19H2,1-6H3,(H,20,21). The number of carboxylic acids is 1. The maximum Gasteiger partial charge on any atom is 0.323 e. The van der Waals surface area contributed by atoms with Gasteiger partial charge in [0.1, 0.15) is 5.54 Å². The number of aliphatic carboxylic acids is 1. The van der Waals surface area contributed by atoms with E-state index in [0.29, 0.717) is 6.42 Å². The normalized spacial score (nSPS) is 15.6. The zero-order chi connectivity index (χ0) is 16.4. The lowest BCUT2D eigenvalue weighted by atomic mass is 9.81. The first-order chi connectivity index (χ1) is 9.60. The van der Waals surface area contributed by atoms with E-state index in [1.807, 2.05) is 0 Å². The van der Waals surface area contributed by atoms with Crippen molar-refractivity contribution in [3.8, 4) is 0 Å². The van der Waals surface area contributed by atoms with Crippen LogP contribution >= 0.6 is 0 Å². The summed E-state index contributed by atoms with van der Waals surface area (Å²) < 4.78 is 0. The van der Waals surface area contributed by atoms with E-state index in [-0.39, 0.29) is 5.92 Å². The third-order valence-corrected chi connectivity index (χ3v) is 4.79. The Kier molecular flexibility index (Phi) is 5.57. The smallest absolute Gasteiger partial charge is 0.323 e. The number of carbonyl (C=O) groups is 1. The third kappa shape index (κ3) is 4.07. The van der Waals surface area contributed by atoms with Crippen LogP contribution in [0.15, 0.2) is 6.07 Å². The Morgan fingerprint density at radius 3 is 2.29 bits per heavy atom. The van der Waals surface area contributed by atoms with Gasteiger partial charge in [-0.3, -0.25) is 4.79 Å². The molecule has 1 aromatic rings. The summed E-state index contributed by atoms with van der Waals surface area (Å²) in [5.41, 5.74) is 11.4. The summed E-state index contributed by atoms with van der Waals surface area (Å²) >= 11 is 0. The number of benzene rings is 1. The van der Waals surface area contributed by atoms with Crippen LogP contribution in [0.1, 0.15) is 54.5 Å². The molecule has 2 unspecified atom stereocenters. The Balaban J connectivity index is 3.03. The van der Waals surface area contributed by atoms with Crippen LogP contribution in [0.4, 0.5) is 0 Å². The Labute approximate surface area is 128 Å². The molecule has 0 heterocycles. The molecule has 3 heteroatoms. The SMILES string of the molecule is CCC(Cc1c(C)cc(C)c(C)c1C)CC(C)(N)C(=O)O. The minimum atomic E-state index is -1.15. The predicted octanol–water partition coefficient (Wildman–Crippen LogP) is 3.68. The van der Waals surface area contributed by atoms with Crippen molar-refractivity contribution >= 4 is 5.97 Å². The monoisotopic (exact) mass is 291 g/mol. The van der Waals surface area contributed by atoms with Gasteiger partial charge in [0, 0.05) is 0 Å². The van der Waals surface area contributed by atoms with Gasteiger partial charge in [-0.25, -0.2) is 0 Å². The van der Waals surface area contributed by atoms with E-state index in [0.717, 1.165) is 12.8 Å². The summed E-state index contributed by atoms with van der Waals surface area (Å²) in [4.78, 5) is 11.2. The van der Waals surface area contributed by atoms with Crippen molar-refractivity contribution in [1.29, 1.82) is 0 Å². The van der Waals surface area contributed by atoms with E-state index in [1.54, 1.807) is 6.92 Å². The van der Waals surface area contributed by atoms with E-state index in [9.17, 15) is 9.90 Å². The van der Waals surface area contributed by atoms with E-state index in [2.05, 4.69) is 40.7 Å². The molecule has 3 N–H and O–H groups in total. The third-order valence-electron chi connectivity index (χ3n) is 4.79. The van der Waals surface area contributed by atoms with E-state index >= 15 is 0 Å². The number of carboxylic acid groups (broad SMARTS) is 1. The molecule has 0 aromatic heterocycles. The van der Waals surface area contributed by atoms with Gasteiger partial charge in [-0.2, -0.15) is 0 Å². The van der Waals surface area contributed by atoms with Crippen LogP contribution in [0, 0.1) is 33.6 Å². The van der Waals surface area contributed by atoms with Crippen LogP contribution in [-0.2, 0) is 11.2 Å². The number of hydrogen-bond donors (Lipinski definition) is 2. The topological polar surface area (TPSA) is 63.3 Å². The second-order valence-corrected chi connectivity index (χ2v) is 6.64. The Morgan fingerprint density at radius 2 is 1.81 bits per heavy atom. The zero-order valence-corrected chi connectivity index (χ0v) is 14.2. The molecule has 0 bridgehead atoms. The fourth-order valence-electron chi connectivity index (χ4n) is 2.99. The number of rotatable bonds is 6. The van der Waals surface area contributed by atoms with Crippen LogP contribution in [0.2, 0.25) is 0 Å². The highest BCUT2D eigenvalue weighted by molar-refractivity contribution is 5.77. The summed E-state index contributed by atoms with van der Waals surface area (Å²) in [6.45, 7) is 12.3. The van der Waals surface area contributed by atoms with E-state index in [1.165, 1.54) is 27.8 Å². The molecule has 1 rings (SSSR count). The number of nitrogens with two attached hydrogens (primary N) is 1. The quantitative estimate of drug-likeness (QED) is 0.840. The molecule has 0 aliphatic carbocycles. The molecule has 0 saturated heterocycles. The van der Waals surface area contributed by atoms with Crippen LogP contribution in [0.25, 0.3) is 0 Å². The minimum absolute atomic E-state index is 0.288. The highest BCUT2D eigenvalue weighted by Crippen LogP contribution is 2.28. The molecule has 0 spiro atoms. The average molecular weight is 291 g/mol. The zero-order valence-electron chi connectivity index (χ0n) is 14.2. The first-order valence-electron chi connectivity index (χ1n) is 7.68. The van der Waals surface area contributed by atoms with Crippen molar-refractivity contribution in [3.05, 3.63) is 33.9 Å². The maximum absolute atomic E-state index is 11.2. The predicted molar refractivity (Wildman–Crippen MR) is 87.7 cm³/mol. The fourth-order valence-corrected chi connectivity index (χ4v) is 2.99. The summed E-state index contributed by atoms with van der Waals surface area (Å²) in [7, 11) is 0. The molecular weight excluding hydrogens is 262 g/mol. The minimum Gasteiger partial charge on any atom is -0.480 e. The summed E-state index contributed by atoms with van der Waals surface area (Å²) in [6.07, 6.45) is 2.34. The van der Waals surface area contributed by atoms with Gasteiger partial charge in [-0.05, 0) is 81.2 Å². The Bertz CT molecular complexity index is 533. The summed E-state index contributed by atoms with van der Waals surface area (Å²) in [6, 6.07) is 2.23. The Morgan fingerprint density at radius 1 is 1.24 bits per heavy atom. The molecule has 21 heavy (non-hydrogen) atoms. The van der Waals surface area contributed by atoms with Gasteiger partial charge in [0.25, 0.3) is 0 Å². The van der Waals surface area contributed by atoms with Gasteiger partial charge in [0.15, 0.2) is 0 Å². The molecule has 118 valence electrons. The van der Waals surface area contributed by atoms with Gasteiger partial charge in [-0.1, -0.05) is 19.4 Å².